The third kappa shape index (κ3) is 4.01. The molecular weight excluding hydrogens is 201 g/mol. The molecule has 0 saturated heterocycles. The summed E-state index contributed by atoms with van der Waals surface area (Å²) in [6.07, 6.45) is -0.742. The van der Waals surface area contributed by atoms with Gasteiger partial charge in [-0.1, -0.05) is 30.3 Å². The van der Waals surface area contributed by atoms with Crippen LogP contribution in [-0.2, 0) is 11.3 Å². The van der Waals surface area contributed by atoms with Crippen LogP contribution in [0.4, 0.5) is 9.59 Å². The zero-order valence-corrected chi connectivity index (χ0v) is 8.55. The van der Waals surface area contributed by atoms with Crippen LogP contribution in [0, 0.1) is 0 Å². The third-order valence-corrected chi connectivity index (χ3v) is 1.58. The van der Waals surface area contributed by atoms with Gasteiger partial charge in [-0.25, -0.2) is 4.79 Å². The van der Waals surface area contributed by atoms with Crippen molar-refractivity contribution in [3.05, 3.63) is 35.9 Å². The minimum atomic E-state index is -0.742. The van der Waals surface area contributed by atoms with Crippen molar-refractivity contribution in [3.8, 4) is 0 Å². The maximum Gasteiger partial charge on any atom is 0.414 e. The van der Waals surface area contributed by atoms with Crippen LogP contribution in [0.15, 0.2) is 30.3 Å². The molecule has 0 aliphatic carbocycles. The highest BCUT2D eigenvalue weighted by atomic mass is 31.0. The fraction of sp³-hybridized carbons (Fsp3) is 0.111. The Morgan fingerprint density at radius 3 is 2.50 bits per heavy atom. The van der Waals surface area contributed by atoms with Crippen LogP contribution in [0.2, 0.25) is 0 Å². The predicted octanol–water partition coefficient (Wildman–Crippen LogP) is 1.91. The smallest absolute Gasteiger partial charge is 0.414 e. The van der Waals surface area contributed by atoms with E-state index in [1.54, 1.807) is 0 Å². The van der Waals surface area contributed by atoms with Gasteiger partial charge in [0.1, 0.15) is 6.61 Å². The average molecular weight is 211 g/mol. The second-order valence-corrected chi connectivity index (χ2v) is 3.08. The van der Waals surface area contributed by atoms with Crippen molar-refractivity contribution in [1.82, 2.24) is 5.32 Å². The van der Waals surface area contributed by atoms with Gasteiger partial charge < -0.3 is 4.74 Å². The molecule has 0 saturated carbocycles. The molecule has 0 radical (unpaired) electrons. The Morgan fingerprint density at radius 2 is 1.93 bits per heavy atom. The van der Waals surface area contributed by atoms with Crippen LogP contribution in [0.1, 0.15) is 5.56 Å². The summed E-state index contributed by atoms with van der Waals surface area (Å²) in [6, 6.07) is 9.22. The first-order valence-corrected chi connectivity index (χ1v) is 4.53. The van der Waals surface area contributed by atoms with E-state index in [0.29, 0.717) is 0 Å². The standard InChI is InChI=1S/C9H10NO3P/c11-8(10-9(12)14)13-6-7-4-2-1-3-5-7/h1-5H,6,14H2,(H,10,11,12). The molecule has 2 amide bonds. The molecule has 14 heavy (non-hydrogen) atoms. The molecule has 5 heteroatoms. The molecule has 0 aromatic heterocycles. The van der Waals surface area contributed by atoms with E-state index < -0.39 is 11.7 Å². The van der Waals surface area contributed by atoms with E-state index in [2.05, 4.69) is 0 Å². The predicted molar refractivity (Wildman–Crippen MR) is 54.9 cm³/mol. The van der Waals surface area contributed by atoms with Crippen LogP contribution < -0.4 is 5.32 Å². The molecule has 1 rings (SSSR count). The van der Waals surface area contributed by atoms with E-state index in [1.165, 1.54) is 0 Å². The number of hydrogen-bond donors (Lipinski definition) is 1. The number of benzene rings is 1. The quantitative estimate of drug-likeness (QED) is 0.760. The van der Waals surface area contributed by atoms with Crippen LogP contribution in [-0.4, -0.2) is 11.7 Å². The third-order valence-electron chi connectivity index (χ3n) is 1.44. The summed E-state index contributed by atoms with van der Waals surface area (Å²) in [7, 11) is 1.83. The lowest BCUT2D eigenvalue weighted by Crippen LogP contribution is -2.25. The molecule has 0 aliphatic rings. The molecule has 0 spiro atoms. The van der Waals surface area contributed by atoms with Crippen molar-refractivity contribution in [1.29, 1.82) is 0 Å². The number of imide groups is 1. The average Bonchev–Trinajstić information content (AvgIpc) is 2.15. The van der Waals surface area contributed by atoms with Crippen molar-refractivity contribution in [2.75, 3.05) is 0 Å². The van der Waals surface area contributed by atoms with Crippen molar-refractivity contribution in [2.45, 2.75) is 6.61 Å². The minimum absolute atomic E-state index is 0.157. The van der Waals surface area contributed by atoms with E-state index in [9.17, 15) is 9.59 Å². The summed E-state index contributed by atoms with van der Waals surface area (Å²) < 4.78 is 4.75. The lowest BCUT2D eigenvalue weighted by atomic mass is 10.2. The number of hydrogen-bond acceptors (Lipinski definition) is 3. The molecule has 1 aromatic carbocycles. The first-order chi connectivity index (χ1) is 6.68. The van der Waals surface area contributed by atoms with Gasteiger partial charge in [0.05, 0.1) is 0 Å². The minimum Gasteiger partial charge on any atom is -0.444 e. The summed E-state index contributed by atoms with van der Waals surface area (Å²) in [5.41, 5.74) is 0.363. The number of nitrogens with one attached hydrogen (secondary N) is 1. The summed E-state index contributed by atoms with van der Waals surface area (Å²) >= 11 is 0. The monoisotopic (exact) mass is 211 g/mol. The highest BCUT2D eigenvalue weighted by molar-refractivity contribution is 7.40. The summed E-state index contributed by atoms with van der Waals surface area (Å²) in [5.74, 6) is 0. The molecule has 1 N–H and O–H groups in total. The van der Waals surface area contributed by atoms with Gasteiger partial charge in [-0.2, -0.15) is 0 Å². The topological polar surface area (TPSA) is 55.4 Å². The van der Waals surface area contributed by atoms with E-state index in [1.807, 2.05) is 44.9 Å². The Kier molecular flexibility index (Phi) is 4.08. The first-order valence-electron chi connectivity index (χ1n) is 3.95. The van der Waals surface area contributed by atoms with Gasteiger partial charge in [0, 0.05) is 0 Å². The summed E-state index contributed by atoms with van der Waals surface area (Å²) in [6.45, 7) is 0.157. The Balaban J connectivity index is 2.34. The van der Waals surface area contributed by atoms with Crippen molar-refractivity contribution < 1.29 is 14.3 Å². The van der Waals surface area contributed by atoms with Crippen LogP contribution in [0.5, 0.6) is 0 Å². The Morgan fingerprint density at radius 1 is 1.29 bits per heavy atom. The van der Waals surface area contributed by atoms with Gasteiger partial charge in [0.15, 0.2) is 0 Å². The van der Waals surface area contributed by atoms with E-state index >= 15 is 0 Å². The van der Waals surface area contributed by atoms with Gasteiger partial charge in [0.25, 0.3) is 0 Å². The lowest BCUT2D eigenvalue weighted by Gasteiger charge is -2.03. The molecule has 0 fully saturated rings. The van der Waals surface area contributed by atoms with E-state index in [-0.39, 0.29) is 6.61 Å². The van der Waals surface area contributed by atoms with Gasteiger partial charge >= 0.3 is 6.09 Å². The Bertz CT molecular complexity index is 326. The van der Waals surface area contributed by atoms with Crippen molar-refractivity contribution >= 4 is 21.0 Å². The molecule has 4 nitrogen and oxygen atoms in total. The zero-order chi connectivity index (χ0) is 10.4. The van der Waals surface area contributed by atoms with Gasteiger partial charge in [-0.05, 0) is 14.8 Å². The number of amides is 2. The maximum atomic E-state index is 10.9. The summed E-state index contributed by atoms with van der Waals surface area (Å²) in [4.78, 5) is 21.3. The normalized spacial score (nSPS) is 9.21. The van der Waals surface area contributed by atoms with Gasteiger partial charge in [0.2, 0.25) is 5.65 Å². The van der Waals surface area contributed by atoms with Crippen LogP contribution in [0.25, 0.3) is 0 Å². The number of carbonyl (C=O) groups excluding carboxylic acids is 2. The largest absolute Gasteiger partial charge is 0.444 e. The van der Waals surface area contributed by atoms with E-state index in [0.717, 1.165) is 5.56 Å². The van der Waals surface area contributed by atoms with Crippen molar-refractivity contribution in [2.24, 2.45) is 0 Å². The van der Waals surface area contributed by atoms with Gasteiger partial charge in [-0.15, -0.1) is 0 Å². The number of ether oxygens (including phenoxy) is 1. The highest BCUT2D eigenvalue weighted by Gasteiger charge is 2.03. The number of alkyl carbamates (subject to hydrolysis) is 1. The fourth-order valence-electron chi connectivity index (χ4n) is 0.860. The highest BCUT2D eigenvalue weighted by Crippen LogP contribution is 2.00. The van der Waals surface area contributed by atoms with Crippen LogP contribution >= 0.6 is 9.24 Å². The fourth-order valence-corrected chi connectivity index (χ4v) is 0.978. The zero-order valence-electron chi connectivity index (χ0n) is 7.40. The van der Waals surface area contributed by atoms with Crippen molar-refractivity contribution in [3.63, 3.8) is 0 Å². The second-order valence-electron chi connectivity index (χ2n) is 2.55. The SMILES string of the molecule is O=C(P)NC(=O)OCc1ccccc1. The lowest BCUT2D eigenvalue weighted by molar-refractivity contribution is 0.142. The summed E-state index contributed by atoms with van der Waals surface area (Å²) in [5, 5.41) is 1.98. The van der Waals surface area contributed by atoms with Gasteiger partial charge in [-0.3, -0.25) is 10.1 Å². The Labute approximate surface area is 83.8 Å². The maximum absolute atomic E-state index is 10.9. The van der Waals surface area contributed by atoms with Crippen LogP contribution in [0.3, 0.4) is 0 Å². The molecule has 1 unspecified atom stereocenters. The second kappa shape index (κ2) is 5.35. The first kappa shape index (κ1) is 10.7. The molecule has 1 aromatic rings. The molecule has 0 bridgehead atoms. The molecular formula is C9H10NO3P. The van der Waals surface area contributed by atoms with E-state index in [4.69, 9.17) is 4.74 Å². The number of rotatable bonds is 2. The Hall–Kier alpha value is -1.41. The molecule has 0 aliphatic heterocycles. The molecule has 1 atom stereocenters. The molecule has 74 valence electrons. The molecule has 0 heterocycles. The number of carbonyl (C=O) groups is 2.